The molecule has 206 valence electrons. The molecule has 2 atom stereocenters. The van der Waals surface area contributed by atoms with E-state index in [0.29, 0.717) is 29.4 Å². The van der Waals surface area contributed by atoms with Crippen molar-refractivity contribution in [2.75, 3.05) is 13.1 Å². The molecule has 2 aliphatic heterocycles. The second kappa shape index (κ2) is 10.6. The molecule has 0 aliphatic carbocycles. The molecule has 2 saturated heterocycles. The fourth-order valence-corrected chi connectivity index (χ4v) is 6.08. The van der Waals surface area contributed by atoms with Crippen molar-refractivity contribution in [1.82, 2.24) is 19.6 Å². The first-order chi connectivity index (χ1) is 18.4. The Bertz CT molecular complexity index is 1470. The van der Waals surface area contributed by atoms with Crippen LogP contribution in [0.25, 0.3) is 17.0 Å². The van der Waals surface area contributed by atoms with E-state index in [0.717, 1.165) is 22.7 Å². The zero-order valence-electron chi connectivity index (χ0n) is 21.1. The van der Waals surface area contributed by atoms with Gasteiger partial charge in [0.2, 0.25) is 0 Å². The van der Waals surface area contributed by atoms with E-state index in [1.165, 1.54) is 23.0 Å². The molecule has 0 spiro atoms. The maximum Gasteiger partial charge on any atom is 0.416 e. The number of rotatable bonds is 5. The molecule has 2 aromatic carbocycles. The Labute approximate surface area is 231 Å². The van der Waals surface area contributed by atoms with Crippen molar-refractivity contribution in [3.05, 3.63) is 69.2 Å². The van der Waals surface area contributed by atoms with Gasteiger partial charge in [0.15, 0.2) is 0 Å². The van der Waals surface area contributed by atoms with Gasteiger partial charge in [-0.2, -0.15) is 18.3 Å². The lowest BCUT2D eigenvalue weighted by Crippen LogP contribution is -2.55. The van der Waals surface area contributed by atoms with Gasteiger partial charge in [-0.1, -0.05) is 23.7 Å². The molecule has 0 bridgehead atoms. The van der Waals surface area contributed by atoms with Crippen molar-refractivity contribution in [1.29, 1.82) is 0 Å². The number of benzene rings is 2. The summed E-state index contributed by atoms with van der Waals surface area (Å²) in [6.07, 6.45) is -2.42. The molecule has 2 fully saturated rings. The first kappa shape index (κ1) is 27.7. The van der Waals surface area contributed by atoms with E-state index in [1.807, 2.05) is 18.7 Å². The van der Waals surface area contributed by atoms with Gasteiger partial charge in [0, 0.05) is 29.5 Å². The van der Waals surface area contributed by atoms with Crippen LogP contribution in [-0.4, -0.2) is 62.1 Å². The van der Waals surface area contributed by atoms with E-state index >= 15 is 0 Å². The van der Waals surface area contributed by atoms with E-state index in [-0.39, 0.29) is 34.6 Å². The van der Waals surface area contributed by atoms with Gasteiger partial charge in [-0.15, -0.1) is 0 Å². The zero-order chi connectivity index (χ0) is 28.1. The van der Waals surface area contributed by atoms with E-state index in [4.69, 9.17) is 11.6 Å². The molecule has 39 heavy (non-hydrogen) atoms. The first-order valence-corrected chi connectivity index (χ1v) is 13.6. The molecule has 0 radical (unpaired) electrons. The second-order valence-corrected chi connectivity index (χ2v) is 11.4. The van der Waals surface area contributed by atoms with Gasteiger partial charge < -0.3 is 0 Å². The smallest absolute Gasteiger partial charge is 0.298 e. The summed E-state index contributed by atoms with van der Waals surface area (Å²) < 4.78 is 57.0. The minimum absolute atomic E-state index is 0.00601. The summed E-state index contributed by atoms with van der Waals surface area (Å²) >= 11 is 6.56. The van der Waals surface area contributed by atoms with Crippen LogP contribution in [0.15, 0.2) is 47.5 Å². The first-order valence-electron chi connectivity index (χ1n) is 12.4. The standard InChI is InChI=1S/C27H25ClF4N4O2S/c1-15(2)34-8-7-23(21(29)14-34)36-25(37)24(39-26(36)38)10-16-3-6-22-18(9-16)12-33-35(22)13-17-4-5-19(28)11-20(17)27(30,31)32/h3-6,9-12,15,21,23H,7-8,13-14H2,1-2H3/b24-10-/t21-,23-/m1/s1. The summed E-state index contributed by atoms with van der Waals surface area (Å²) in [5.41, 5.74) is 0.415. The number of fused-ring (bicyclic) bond motifs is 1. The third-order valence-corrected chi connectivity index (χ3v) is 8.20. The fraction of sp³-hybridized carbons (Fsp3) is 0.370. The van der Waals surface area contributed by atoms with Gasteiger partial charge in [-0.05, 0) is 73.5 Å². The summed E-state index contributed by atoms with van der Waals surface area (Å²) in [7, 11) is 0. The average molecular weight is 581 g/mol. The number of thioether (sulfide) groups is 1. The molecule has 2 amide bonds. The number of piperidine rings is 1. The molecular weight excluding hydrogens is 556 g/mol. The Morgan fingerprint density at radius 1 is 1.18 bits per heavy atom. The zero-order valence-corrected chi connectivity index (χ0v) is 22.7. The molecule has 0 N–H and O–H groups in total. The molecule has 5 rings (SSSR count). The highest BCUT2D eigenvalue weighted by Gasteiger charge is 2.45. The lowest BCUT2D eigenvalue weighted by atomic mass is 10.00. The molecule has 0 unspecified atom stereocenters. The SMILES string of the molecule is CC(C)N1CC[C@@H](N2C(=O)S/C(=C\c3ccc4c(cnn4Cc4ccc(Cl)cc4C(F)(F)F)c3)C2=O)[C@H](F)C1. The van der Waals surface area contributed by atoms with Gasteiger partial charge in [0.1, 0.15) is 6.17 Å². The van der Waals surface area contributed by atoms with E-state index < -0.39 is 35.1 Å². The largest absolute Gasteiger partial charge is 0.416 e. The Morgan fingerprint density at radius 3 is 2.64 bits per heavy atom. The van der Waals surface area contributed by atoms with Crippen LogP contribution in [-0.2, 0) is 17.5 Å². The Hall–Kier alpha value is -2.89. The van der Waals surface area contributed by atoms with Gasteiger partial charge >= 0.3 is 6.18 Å². The molecule has 0 saturated carbocycles. The third-order valence-electron chi connectivity index (χ3n) is 7.09. The van der Waals surface area contributed by atoms with Gasteiger partial charge in [0.05, 0.1) is 34.8 Å². The van der Waals surface area contributed by atoms with Crippen LogP contribution in [0, 0.1) is 0 Å². The van der Waals surface area contributed by atoms with E-state index in [9.17, 15) is 27.2 Å². The Balaban J connectivity index is 1.36. The van der Waals surface area contributed by atoms with Crippen molar-refractivity contribution >= 4 is 51.5 Å². The molecule has 2 aliphatic rings. The van der Waals surface area contributed by atoms with E-state index in [2.05, 4.69) is 5.10 Å². The third kappa shape index (κ3) is 5.57. The van der Waals surface area contributed by atoms with Crippen LogP contribution < -0.4 is 0 Å². The lowest BCUT2D eigenvalue weighted by Gasteiger charge is -2.39. The highest BCUT2D eigenvalue weighted by molar-refractivity contribution is 8.18. The summed E-state index contributed by atoms with van der Waals surface area (Å²) in [6.45, 7) is 4.62. The number of hydrogen-bond donors (Lipinski definition) is 0. The number of nitrogens with zero attached hydrogens (tertiary/aromatic N) is 4. The summed E-state index contributed by atoms with van der Waals surface area (Å²) in [5, 5.41) is 4.40. The van der Waals surface area contributed by atoms with Gasteiger partial charge in [-0.25, -0.2) is 4.39 Å². The highest BCUT2D eigenvalue weighted by atomic mass is 35.5. The second-order valence-electron chi connectivity index (χ2n) is 9.93. The number of likely N-dealkylation sites (tertiary alicyclic amines) is 1. The lowest BCUT2D eigenvalue weighted by molar-refractivity contribution is -0.138. The normalized spacial score (nSPS) is 22.2. The highest BCUT2D eigenvalue weighted by Crippen LogP contribution is 2.37. The predicted octanol–water partition coefficient (Wildman–Crippen LogP) is 6.61. The maximum atomic E-state index is 15.0. The monoisotopic (exact) mass is 580 g/mol. The van der Waals surface area contributed by atoms with Crippen molar-refractivity contribution in [3.63, 3.8) is 0 Å². The van der Waals surface area contributed by atoms with Crippen LogP contribution in [0.1, 0.15) is 37.0 Å². The number of hydrogen-bond acceptors (Lipinski definition) is 5. The fourth-order valence-electron chi connectivity index (χ4n) is 5.03. The Kier molecular flexibility index (Phi) is 7.51. The van der Waals surface area contributed by atoms with Gasteiger partial charge in [0.25, 0.3) is 11.1 Å². The number of aromatic nitrogens is 2. The maximum absolute atomic E-state index is 15.0. The Morgan fingerprint density at radius 2 is 1.95 bits per heavy atom. The van der Waals surface area contributed by atoms with Crippen LogP contribution in [0.5, 0.6) is 0 Å². The molecule has 1 aromatic heterocycles. The minimum atomic E-state index is -4.56. The molecule has 6 nitrogen and oxygen atoms in total. The van der Waals surface area contributed by atoms with Crippen LogP contribution in [0.3, 0.4) is 0 Å². The summed E-state index contributed by atoms with van der Waals surface area (Å²) in [4.78, 5) is 29.0. The van der Waals surface area contributed by atoms with E-state index in [1.54, 1.807) is 24.3 Å². The number of carbonyl (C=O) groups excluding carboxylic acids is 2. The van der Waals surface area contributed by atoms with Crippen molar-refractivity contribution < 1.29 is 27.2 Å². The number of amides is 2. The van der Waals surface area contributed by atoms with Crippen molar-refractivity contribution in [2.45, 2.75) is 51.2 Å². The van der Waals surface area contributed by atoms with Crippen molar-refractivity contribution in [3.8, 4) is 0 Å². The number of carbonyl (C=O) groups is 2. The van der Waals surface area contributed by atoms with Crippen LogP contribution >= 0.6 is 23.4 Å². The van der Waals surface area contributed by atoms with Gasteiger partial charge in [-0.3, -0.25) is 24.1 Å². The molecule has 3 heterocycles. The number of alkyl halides is 4. The quantitative estimate of drug-likeness (QED) is 0.251. The molecule has 3 aromatic rings. The predicted molar refractivity (Wildman–Crippen MR) is 143 cm³/mol. The molecule has 12 heteroatoms. The topological polar surface area (TPSA) is 58.4 Å². The molecular formula is C27H25ClF4N4O2S. The minimum Gasteiger partial charge on any atom is -0.298 e. The summed E-state index contributed by atoms with van der Waals surface area (Å²) in [5.74, 6) is -0.520. The van der Waals surface area contributed by atoms with Crippen LogP contribution in [0.4, 0.5) is 22.4 Å². The van der Waals surface area contributed by atoms with Crippen LogP contribution in [0.2, 0.25) is 5.02 Å². The average Bonchev–Trinajstić information content (AvgIpc) is 3.38. The number of halogens is 5. The number of imide groups is 1. The summed E-state index contributed by atoms with van der Waals surface area (Å²) in [6, 6.07) is 8.13. The van der Waals surface area contributed by atoms with Crippen molar-refractivity contribution in [2.24, 2.45) is 0 Å².